The average Bonchev–Trinajstić information content (AvgIpc) is 3.41. The molecule has 1 atom stereocenters. The van der Waals surface area contributed by atoms with Crippen LogP contribution in [-0.2, 0) is 25.4 Å². The zero-order chi connectivity index (χ0) is 22.1. The minimum Gasteiger partial charge on any atom is -0.353 e. The molecule has 1 aliphatic heterocycles. The number of aryl methyl sites for hydroxylation is 2. The first-order valence-corrected chi connectivity index (χ1v) is 11.4. The summed E-state index contributed by atoms with van der Waals surface area (Å²) < 4.78 is 3.84. The minimum atomic E-state index is -0.550. The molecule has 1 amide bonds. The number of imidazole rings is 1. The Kier molecular flexibility index (Phi) is 6.10. The topological polar surface area (TPSA) is 94.2 Å². The Hall–Kier alpha value is -2.72. The first kappa shape index (κ1) is 21.5. The van der Waals surface area contributed by atoms with Crippen LogP contribution in [0.1, 0.15) is 30.7 Å². The predicted octanol–water partition coefficient (Wildman–Crippen LogP) is 1.08. The van der Waals surface area contributed by atoms with Crippen molar-refractivity contribution in [1.82, 2.24) is 28.9 Å². The second-order valence-electron chi connectivity index (χ2n) is 8.31. The molecule has 3 aromatic heterocycles. The van der Waals surface area contributed by atoms with E-state index in [2.05, 4.69) is 28.2 Å². The summed E-state index contributed by atoms with van der Waals surface area (Å²) >= 11 is 1.68. The van der Waals surface area contributed by atoms with Gasteiger partial charge in [-0.2, -0.15) is 0 Å². The van der Waals surface area contributed by atoms with Crippen molar-refractivity contribution in [3.63, 3.8) is 0 Å². The second kappa shape index (κ2) is 8.80. The molecule has 1 fully saturated rings. The van der Waals surface area contributed by atoms with Gasteiger partial charge in [-0.1, -0.05) is 13.0 Å². The van der Waals surface area contributed by atoms with Gasteiger partial charge in [0, 0.05) is 25.5 Å². The summed E-state index contributed by atoms with van der Waals surface area (Å²) in [4.78, 5) is 45.9. The van der Waals surface area contributed by atoms with E-state index in [0.717, 1.165) is 36.4 Å². The number of fused-ring (bicyclic) bond motifs is 1. The molecule has 0 radical (unpaired) electrons. The van der Waals surface area contributed by atoms with Crippen molar-refractivity contribution in [2.45, 2.75) is 32.4 Å². The number of amides is 1. The molecular formula is C21H28N6O3S. The van der Waals surface area contributed by atoms with Gasteiger partial charge < -0.3 is 9.88 Å². The van der Waals surface area contributed by atoms with Crippen LogP contribution >= 0.6 is 11.3 Å². The third-order valence-corrected chi connectivity index (χ3v) is 7.10. The lowest BCUT2D eigenvalue weighted by atomic mass is 9.97. The van der Waals surface area contributed by atoms with E-state index in [1.165, 1.54) is 15.8 Å². The number of carbonyl (C=O) groups excluding carboxylic acids is 1. The van der Waals surface area contributed by atoms with Gasteiger partial charge >= 0.3 is 5.69 Å². The van der Waals surface area contributed by atoms with Gasteiger partial charge in [0.15, 0.2) is 11.2 Å². The van der Waals surface area contributed by atoms with Gasteiger partial charge in [-0.25, -0.2) is 14.3 Å². The normalized spacial score (nSPS) is 16.6. The van der Waals surface area contributed by atoms with Crippen LogP contribution in [0.2, 0.25) is 0 Å². The van der Waals surface area contributed by atoms with Crippen LogP contribution in [0.15, 0.2) is 33.4 Å². The molecular weight excluding hydrogens is 416 g/mol. The van der Waals surface area contributed by atoms with E-state index in [1.807, 2.05) is 11.4 Å². The number of likely N-dealkylation sites (tertiary alicyclic amines) is 1. The van der Waals surface area contributed by atoms with Gasteiger partial charge in [-0.15, -0.1) is 11.3 Å². The van der Waals surface area contributed by atoms with Gasteiger partial charge in [-0.3, -0.25) is 19.1 Å². The number of hydrogen-bond acceptors (Lipinski definition) is 6. The molecule has 4 heterocycles. The molecule has 0 bridgehead atoms. The molecule has 166 valence electrons. The van der Waals surface area contributed by atoms with Crippen molar-refractivity contribution in [2.24, 2.45) is 20.0 Å². The Morgan fingerprint density at radius 3 is 2.71 bits per heavy atom. The first-order valence-electron chi connectivity index (χ1n) is 10.5. The highest BCUT2D eigenvalue weighted by atomic mass is 32.1. The van der Waals surface area contributed by atoms with Crippen LogP contribution in [0.3, 0.4) is 0 Å². The van der Waals surface area contributed by atoms with Gasteiger partial charge in [0.1, 0.15) is 6.54 Å². The van der Waals surface area contributed by atoms with Gasteiger partial charge in [-0.05, 0) is 43.3 Å². The number of nitrogens with one attached hydrogen (secondary N) is 1. The average molecular weight is 445 g/mol. The zero-order valence-electron chi connectivity index (χ0n) is 18.1. The standard InChI is InChI=1S/C21H28N6O3S/c1-14-6-8-26(9-7-14)15(16-5-4-10-31-16)11-22-17(28)12-27-20(29)18-19(23-13-24(18)2)25(3)21(27)30/h4-5,10,13-15H,6-9,11-12H2,1-3H3,(H,22,28)/t15-/m1/s1. The smallest absolute Gasteiger partial charge is 0.332 e. The molecule has 0 unspecified atom stereocenters. The molecule has 0 aliphatic carbocycles. The summed E-state index contributed by atoms with van der Waals surface area (Å²) in [6.45, 7) is 4.39. The maximum absolute atomic E-state index is 12.8. The molecule has 4 rings (SSSR count). The quantitative estimate of drug-likeness (QED) is 0.614. The fourth-order valence-corrected chi connectivity index (χ4v) is 5.04. The van der Waals surface area contributed by atoms with E-state index >= 15 is 0 Å². The van der Waals surface area contributed by atoms with E-state index in [1.54, 1.807) is 30.0 Å². The largest absolute Gasteiger partial charge is 0.353 e. The Balaban J connectivity index is 1.51. The van der Waals surface area contributed by atoms with Crippen molar-refractivity contribution in [3.8, 4) is 0 Å². The molecule has 9 nitrogen and oxygen atoms in total. The third-order valence-electron chi connectivity index (χ3n) is 6.13. The molecule has 1 aliphatic rings. The Morgan fingerprint density at radius 1 is 1.29 bits per heavy atom. The van der Waals surface area contributed by atoms with E-state index in [9.17, 15) is 14.4 Å². The fraction of sp³-hybridized carbons (Fsp3) is 0.524. The van der Waals surface area contributed by atoms with Gasteiger partial charge in [0.2, 0.25) is 5.91 Å². The molecule has 1 N–H and O–H groups in total. The lowest BCUT2D eigenvalue weighted by Gasteiger charge is -2.36. The molecule has 0 saturated carbocycles. The minimum absolute atomic E-state index is 0.0931. The van der Waals surface area contributed by atoms with Gasteiger partial charge in [0.25, 0.3) is 5.56 Å². The first-order chi connectivity index (χ1) is 14.9. The number of nitrogens with zero attached hydrogens (tertiary/aromatic N) is 5. The molecule has 0 spiro atoms. The number of carbonyl (C=O) groups is 1. The predicted molar refractivity (Wildman–Crippen MR) is 120 cm³/mol. The Morgan fingerprint density at radius 2 is 2.03 bits per heavy atom. The number of piperidine rings is 1. The molecule has 10 heteroatoms. The van der Waals surface area contributed by atoms with Crippen LogP contribution in [0.4, 0.5) is 0 Å². The highest BCUT2D eigenvalue weighted by Gasteiger charge is 2.26. The highest BCUT2D eigenvalue weighted by molar-refractivity contribution is 7.10. The summed E-state index contributed by atoms with van der Waals surface area (Å²) in [6.07, 6.45) is 3.78. The lowest BCUT2D eigenvalue weighted by molar-refractivity contribution is -0.122. The molecule has 0 aromatic carbocycles. The van der Waals surface area contributed by atoms with Crippen LogP contribution in [0.5, 0.6) is 0 Å². The van der Waals surface area contributed by atoms with Crippen molar-refractivity contribution in [2.75, 3.05) is 19.6 Å². The Labute approximate surface area is 183 Å². The summed E-state index contributed by atoms with van der Waals surface area (Å²) in [6, 6.07) is 4.21. The molecule has 31 heavy (non-hydrogen) atoms. The van der Waals surface area contributed by atoms with E-state index in [-0.39, 0.29) is 18.5 Å². The molecule has 1 saturated heterocycles. The van der Waals surface area contributed by atoms with Gasteiger partial charge in [0.05, 0.1) is 12.4 Å². The van der Waals surface area contributed by atoms with Crippen LogP contribution in [0.25, 0.3) is 11.2 Å². The summed E-state index contributed by atoms with van der Waals surface area (Å²) in [5.41, 5.74) is -0.445. The maximum atomic E-state index is 12.8. The number of thiophene rings is 1. The molecule has 3 aromatic rings. The van der Waals surface area contributed by atoms with Crippen LogP contribution in [-0.4, -0.2) is 49.1 Å². The third kappa shape index (κ3) is 4.22. The lowest BCUT2D eigenvalue weighted by Crippen LogP contribution is -2.45. The number of aromatic nitrogens is 4. The van der Waals surface area contributed by atoms with Crippen molar-refractivity contribution >= 4 is 28.4 Å². The van der Waals surface area contributed by atoms with E-state index in [0.29, 0.717) is 17.7 Å². The monoisotopic (exact) mass is 444 g/mol. The van der Waals surface area contributed by atoms with Crippen molar-refractivity contribution in [1.29, 1.82) is 0 Å². The summed E-state index contributed by atoms with van der Waals surface area (Å²) in [7, 11) is 3.24. The Bertz CT molecular complexity index is 1180. The van der Waals surface area contributed by atoms with Crippen LogP contribution < -0.4 is 16.6 Å². The summed E-state index contributed by atoms with van der Waals surface area (Å²) in [5.74, 6) is 0.368. The zero-order valence-corrected chi connectivity index (χ0v) is 18.9. The fourth-order valence-electron chi connectivity index (χ4n) is 4.18. The number of hydrogen-bond donors (Lipinski definition) is 1. The van der Waals surface area contributed by atoms with Crippen molar-refractivity contribution < 1.29 is 4.79 Å². The maximum Gasteiger partial charge on any atom is 0.332 e. The second-order valence-corrected chi connectivity index (χ2v) is 9.29. The highest BCUT2D eigenvalue weighted by Crippen LogP contribution is 2.29. The number of rotatable bonds is 6. The van der Waals surface area contributed by atoms with Crippen LogP contribution in [0, 0.1) is 5.92 Å². The SMILES string of the molecule is CC1CCN([C@H](CNC(=O)Cn2c(=O)c3c(ncn3C)n(C)c2=O)c2cccs2)CC1. The van der Waals surface area contributed by atoms with E-state index in [4.69, 9.17) is 0 Å². The van der Waals surface area contributed by atoms with E-state index < -0.39 is 11.2 Å². The summed E-state index contributed by atoms with van der Waals surface area (Å²) in [5, 5.41) is 5.00. The van der Waals surface area contributed by atoms with Crippen molar-refractivity contribution in [3.05, 3.63) is 49.6 Å².